The number of carbonyl (C=O) groups is 2. The van der Waals surface area contributed by atoms with Gasteiger partial charge in [-0.25, -0.2) is 9.69 Å². The van der Waals surface area contributed by atoms with Crippen LogP contribution in [0.25, 0.3) is 11.1 Å². The predicted molar refractivity (Wildman–Crippen MR) is 97.6 cm³/mol. The average molecular weight is 356 g/mol. The molecule has 6 nitrogen and oxygen atoms in total. The zero-order chi connectivity index (χ0) is 18.9. The molecule has 0 atom stereocenters. The monoisotopic (exact) mass is 356 g/mol. The maximum Gasteiger partial charge on any atom is 0.417 e. The molecule has 0 saturated carbocycles. The number of benzene rings is 1. The van der Waals surface area contributed by atoms with E-state index in [9.17, 15) is 9.59 Å². The molecule has 1 aromatic heterocycles. The molecule has 3 rings (SSSR count). The summed E-state index contributed by atoms with van der Waals surface area (Å²) in [5.41, 5.74) is 2.40. The van der Waals surface area contributed by atoms with Crippen molar-refractivity contribution in [3.8, 4) is 11.1 Å². The van der Waals surface area contributed by atoms with Crippen molar-refractivity contribution < 1.29 is 19.1 Å². The van der Waals surface area contributed by atoms with E-state index in [1.54, 1.807) is 25.3 Å². The highest BCUT2D eigenvalue weighted by molar-refractivity contribution is 6.07. The van der Waals surface area contributed by atoms with Gasteiger partial charge in [-0.2, -0.15) is 0 Å². The number of carbonyl (C=O) groups excluding carboxylic acids is 2. The molecular weight excluding hydrogens is 332 g/mol. The van der Waals surface area contributed by atoms with Crippen molar-refractivity contribution in [3.05, 3.63) is 47.8 Å². The summed E-state index contributed by atoms with van der Waals surface area (Å²) in [5, 5.41) is 0. The van der Waals surface area contributed by atoms with Crippen LogP contribution in [-0.4, -0.2) is 33.7 Å². The van der Waals surface area contributed by atoms with Gasteiger partial charge in [-0.05, 0) is 44.9 Å². The highest BCUT2D eigenvalue weighted by Crippen LogP contribution is 2.34. The van der Waals surface area contributed by atoms with Gasteiger partial charge in [-0.15, -0.1) is 0 Å². The van der Waals surface area contributed by atoms with Crippen molar-refractivity contribution in [2.45, 2.75) is 46.6 Å². The maximum absolute atomic E-state index is 13.2. The lowest BCUT2D eigenvalue weighted by atomic mass is 10.0. The van der Waals surface area contributed by atoms with Crippen molar-refractivity contribution in [2.75, 3.05) is 6.61 Å². The third kappa shape index (κ3) is 3.51. The molecule has 138 valence electrons. The minimum absolute atomic E-state index is 0.174. The molecule has 1 aromatic carbocycles. The van der Waals surface area contributed by atoms with Gasteiger partial charge in [0.2, 0.25) is 0 Å². The van der Waals surface area contributed by atoms with Crippen LogP contribution in [0.4, 0.5) is 4.79 Å². The fourth-order valence-electron chi connectivity index (χ4n) is 2.98. The quantitative estimate of drug-likeness (QED) is 0.833. The van der Waals surface area contributed by atoms with Gasteiger partial charge in [0.05, 0.1) is 6.54 Å². The molecule has 0 aliphatic carbocycles. The van der Waals surface area contributed by atoms with E-state index < -0.39 is 11.7 Å². The Labute approximate surface area is 153 Å². The van der Waals surface area contributed by atoms with Gasteiger partial charge in [-0.1, -0.05) is 24.3 Å². The van der Waals surface area contributed by atoms with Crippen molar-refractivity contribution in [3.63, 3.8) is 0 Å². The molecule has 2 heterocycles. The number of fused-ring (bicyclic) bond motifs is 3. The SMILES string of the molecule is CCOCn1ccc2c1C(=O)N(C(=O)OC(C)(C)C)Cc1ccccc1-2. The second-order valence-corrected chi connectivity index (χ2v) is 7.20. The topological polar surface area (TPSA) is 60.8 Å². The van der Waals surface area contributed by atoms with Gasteiger partial charge in [0.25, 0.3) is 5.91 Å². The highest BCUT2D eigenvalue weighted by Gasteiger charge is 2.35. The molecule has 0 fully saturated rings. The third-order valence-corrected chi connectivity index (χ3v) is 4.10. The molecule has 0 unspecified atom stereocenters. The molecule has 0 N–H and O–H groups in total. The lowest BCUT2D eigenvalue weighted by Gasteiger charge is -2.26. The Bertz CT molecular complexity index is 833. The smallest absolute Gasteiger partial charge is 0.417 e. The van der Waals surface area contributed by atoms with Crippen LogP contribution in [0.5, 0.6) is 0 Å². The largest absolute Gasteiger partial charge is 0.443 e. The van der Waals surface area contributed by atoms with Crippen LogP contribution < -0.4 is 0 Å². The second-order valence-electron chi connectivity index (χ2n) is 7.20. The first kappa shape index (κ1) is 18.2. The molecule has 0 bridgehead atoms. The Kier molecular flexibility index (Phi) is 4.87. The Morgan fingerprint density at radius 2 is 1.88 bits per heavy atom. The fourth-order valence-corrected chi connectivity index (χ4v) is 2.98. The Morgan fingerprint density at radius 1 is 1.15 bits per heavy atom. The maximum atomic E-state index is 13.2. The van der Waals surface area contributed by atoms with Gasteiger partial charge in [-0.3, -0.25) is 4.79 Å². The normalized spacial score (nSPS) is 13.8. The average Bonchev–Trinajstić information content (AvgIpc) is 2.94. The van der Waals surface area contributed by atoms with Crippen LogP contribution in [0, 0.1) is 0 Å². The first-order valence-electron chi connectivity index (χ1n) is 8.72. The minimum Gasteiger partial charge on any atom is -0.443 e. The summed E-state index contributed by atoms with van der Waals surface area (Å²) in [4.78, 5) is 27.1. The molecule has 2 aromatic rings. The van der Waals surface area contributed by atoms with Crippen LogP contribution in [0.3, 0.4) is 0 Å². The lowest BCUT2D eigenvalue weighted by Crippen LogP contribution is -2.40. The lowest BCUT2D eigenvalue weighted by molar-refractivity contribution is 0.0219. The van der Waals surface area contributed by atoms with Crippen LogP contribution in [0.2, 0.25) is 0 Å². The highest BCUT2D eigenvalue weighted by atomic mass is 16.6. The fraction of sp³-hybridized carbons (Fsp3) is 0.400. The van der Waals surface area contributed by atoms with E-state index in [0.29, 0.717) is 12.3 Å². The van der Waals surface area contributed by atoms with E-state index in [1.165, 1.54) is 4.90 Å². The zero-order valence-electron chi connectivity index (χ0n) is 15.6. The van der Waals surface area contributed by atoms with Gasteiger partial charge in [0.1, 0.15) is 18.0 Å². The molecule has 0 radical (unpaired) electrons. The summed E-state index contributed by atoms with van der Waals surface area (Å²) in [5.74, 6) is -0.379. The van der Waals surface area contributed by atoms with Gasteiger partial charge < -0.3 is 14.0 Å². The van der Waals surface area contributed by atoms with Crippen molar-refractivity contribution in [1.29, 1.82) is 0 Å². The van der Waals surface area contributed by atoms with Crippen LogP contribution >= 0.6 is 0 Å². The first-order chi connectivity index (χ1) is 12.3. The molecule has 6 heteroatoms. The van der Waals surface area contributed by atoms with E-state index >= 15 is 0 Å². The molecule has 0 saturated heterocycles. The van der Waals surface area contributed by atoms with Crippen molar-refractivity contribution >= 4 is 12.0 Å². The van der Waals surface area contributed by atoms with E-state index in [-0.39, 0.29) is 19.2 Å². The van der Waals surface area contributed by atoms with Crippen molar-refractivity contribution in [1.82, 2.24) is 9.47 Å². The van der Waals surface area contributed by atoms with Crippen LogP contribution in [0.1, 0.15) is 43.7 Å². The van der Waals surface area contributed by atoms with Gasteiger partial charge in [0, 0.05) is 18.4 Å². The summed E-state index contributed by atoms with van der Waals surface area (Å²) in [7, 11) is 0. The van der Waals surface area contributed by atoms with Gasteiger partial charge >= 0.3 is 6.09 Å². The molecular formula is C20H24N2O4. The number of imide groups is 1. The molecule has 1 aliphatic heterocycles. The van der Waals surface area contributed by atoms with E-state index in [0.717, 1.165) is 16.7 Å². The molecule has 2 amide bonds. The third-order valence-electron chi connectivity index (χ3n) is 4.10. The summed E-state index contributed by atoms with van der Waals surface area (Å²) in [6.07, 6.45) is 1.17. The number of hydrogen-bond acceptors (Lipinski definition) is 4. The first-order valence-corrected chi connectivity index (χ1v) is 8.72. The molecule has 1 aliphatic rings. The van der Waals surface area contributed by atoms with E-state index in [4.69, 9.17) is 9.47 Å². The van der Waals surface area contributed by atoms with E-state index in [2.05, 4.69) is 0 Å². The number of aromatic nitrogens is 1. The Balaban J connectivity index is 2.08. The van der Waals surface area contributed by atoms with Gasteiger partial charge in [0.15, 0.2) is 0 Å². The summed E-state index contributed by atoms with van der Waals surface area (Å²) in [6, 6.07) is 9.61. The Morgan fingerprint density at radius 3 is 2.58 bits per heavy atom. The minimum atomic E-state index is -0.681. The molecule has 26 heavy (non-hydrogen) atoms. The predicted octanol–water partition coefficient (Wildman–Crippen LogP) is 4.04. The van der Waals surface area contributed by atoms with E-state index in [1.807, 2.05) is 43.5 Å². The molecule has 0 spiro atoms. The van der Waals surface area contributed by atoms with Crippen molar-refractivity contribution in [2.24, 2.45) is 0 Å². The number of hydrogen-bond donors (Lipinski definition) is 0. The number of ether oxygens (including phenoxy) is 2. The second kappa shape index (κ2) is 6.96. The number of rotatable bonds is 3. The summed E-state index contributed by atoms with van der Waals surface area (Å²) < 4.78 is 12.7. The number of nitrogens with zero attached hydrogens (tertiary/aromatic N) is 2. The Hall–Kier alpha value is -2.60. The zero-order valence-corrected chi connectivity index (χ0v) is 15.6. The number of amides is 2. The standard InChI is InChI=1S/C20H24N2O4/c1-5-25-13-21-11-10-16-15-9-7-6-8-14(15)12-22(18(23)17(16)21)19(24)26-20(2,3)4/h6-11H,5,12-13H2,1-4H3. The van der Waals surface area contributed by atoms with Crippen LogP contribution in [-0.2, 0) is 22.7 Å². The van der Waals surface area contributed by atoms with Crippen LogP contribution in [0.15, 0.2) is 36.5 Å². The summed E-state index contributed by atoms with van der Waals surface area (Å²) in [6.45, 7) is 8.20. The summed E-state index contributed by atoms with van der Waals surface area (Å²) >= 11 is 0.